The fourth-order valence-corrected chi connectivity index (χ4v) is 1.80. The Bertz CT molecular complexity index is 253. The van der Waals surface area contributed by atoms with Gasteiger partial charge in [-0.15, -0.1) is 11.3 Å². The zero-order chi connectivity index (χ0) is 9.19. The van der Waals surface area contributed by atoms with Crippen molar-refractivity contribution in [2.24, 2.45) is 5.73 Å². The summed E-state index contributed by atoms with van der Waals surface area (Å²) in [5, 5.41) is 2.55. The SMILES string of the molecule is CCC(N)(CC)c1csc(N)n1. The minimum Gasteiger partial charge on any atom is -0.375 e. The molecular formula is C8H15N3S. The Hall–Kier alpha value is -0.610. The van der Waals surface area contributed by atoms with Crippen LogP contribution in [0, 0.1) is 0 Å². The lowest BCUT2D eigenvalue weighted by atomic mass is 9.91. The van der Waals surface area contributed by atoms with E-state index in [1.54, 1.807) is 0 Å². The highest BCUT2D eigenvalue weighted by Gasteiger charge is 2.25. The van der Waals surface area contributed by atoms with Crippen molar-refractivity contribution in [3.63, 3.8) is 0 Å². The van der Waals surface area contributed by atoms with Crippen LogP contribution < -0.4 is 11.5 Å². The number of nitrogens with two attached hydrogens (primary N) is 2. The number of aromatic nitrogens is 1. The molecule has 3 nitrogen and oxygen atoms in total. The van der Waals surface area contributed by atoms with Gasteiger partial charge in [-0.2, -0.15) is 0 Å². The number of nitrogens with zero attached hydrogens (tertiary/aromatic N) is 1. The Balaban J connectivity index is 2.94. The molecule has 1 heterocycles. The first-order chi connectivity index (χ1) is 5.62. The van der Waals surface area contributed by atoms with Gasteiger partial charge < -0.3 is 11.5 Å². The Morgan fingerprint density at radius 2 is 2.08 bits per heavy atom. The number of nitrogen functional groups attached to an aromatic ring is 1. The average molecular weight is 185 g/mol. The van der Waals surface area contributed by atoms with Crippen LogP contribution in [0.4, 0.5) is 5.13 Å². The van der Waals surface area contributed by atoms with Crippen LogP contribution in [-0.4, -0.2) is 4.98 Å². The van der Waals surface area contributed by atoms with Gasteiger partial charge in [-0.1, -0.05) is 13.8 Å². The zero-order valence-corrected chi connectivity index (χ0v) is 8.32. The third-order valence-corrected chi connectivity index (χ3v) is 2.97. The van der Waals surface area contributed by atoms with Crippen molar-refractivity contribution in [1.29, 1.82) is 0 Å². The van der Waals surface area contributed by atoms with Gasteiger partial charge in [-0.05, 0) is 12.8 Å². The molecule has 0 spiro atoms. The second-order valence-electron chi connectivity index (χ2n) is 2.93. The van der Waals surface area contributed by atoms with E-state index in [-0.39, 0.29) is 5.54 Å². The maximum Gasteiger partial charge on any atom is 0.180 e. The van der Waals surface area contributed by atoms with Gasteiger partial charge in [0, 0.05) is 5.38 Å². The van der Waals surface area contributed by atoms with E-state index in [4.69, 9.17) is 11.5 Å². The van der Waals surface area contributed by atoms with Crippen molar-refractivity contribution in [3.05, 3.63) is 11.1 Å². The van der Waals surface area contributed by atoms with E-state index < -0.39 is 0 Å². The van der Waals surface area contributed by atoms with Crippen molar-refractivity contribution in [2.45, 2.75) is 32.2 Å². The lowest BCUT2D eigenvalue weighted by Crippen LogP contribution is -2.35. The summed E-state index contributed by atoms with van der Waals surface area (Å²) in [4.78, 5) is 4.20. The molecule has 0 amide bonds. The van der Waals surface area contributed by atoms with Gasteiger partial charge in [0.25, 0.3) is 0 Å². The molecule has 0 saturated carbocycles. The van der Waals surface area contributed by atoms with Gasteiger partial charge in [0.15, 0.2) is 5.13 Å². The molecule has 4 N–H and O–H groups in total. The molecule has 0 radical (unpaired) electrons. The van der Waals surface area contributed by atoms with E-state index >= 15 is 0 Å². The lowest BCUT2D eigenvalue weighted by molar-refractivity contribution is 0.403. The standard InChI is InChI=1S/C8H15N3S/c1-3-8(10,4-2)6-5-12-7(9)11-6/h5H,3-4,10H2,1-2H3,(H2,9,11). The summed E-state index contributed by atoms with van der Waals surface area (Å²) < 4.78 is 0. The van der Waals surface area contributed by atoms with Gasteiger partial charge in [-0.3, -0.25) is 0 Å². The molecule has 68 valence electrons. The number of hydrogen-bond acceptors (Lipinski definition) is 4. The molecule has 0 saturated heterocycles. The third-order valence-electron chi connectivity index (χ3n) is 2.29. The number of thiazole rings is 1. The molecule has 4 heteroatoms. The van der Waals surface area contributed by atoms with E-state index in [1.165, 1.54) is 11.3 Å². The predicted molar refractivity (Wildman–Crippen MR) is 53.0 cm³/mol. The Morgan fingerprint density at radius 3 is 2.42 bits per heavy atom. The van der Waals surface area contributed by atoms with Crippen molar-refractivity contribution in [1.82, 2.24) is 4.98 Å². The van der Waals surface area contributed by atoms with Crippen molar-refractivity contribution in [3.8, 4) is 0 Å². The Labute approximate surface area is 76.8 Å². The quantitative estimate of drug-likeness (QED) is 0.753. The summed E-state index contributed by atoms with van der Waals surface area (Å²) in [5.74, 6) is 0. The minimum atomic E-state index is -0.284. The third kappa shape index (κ3) is 1.59. The second-order valence-corrected chi connectivity index (χ2v) is 3.82. The topological polar surface area (TPSA) is 64.9 Å². The molecule has 0 aromatic carbocycles. The highest BCUT2D eigenvalue weighted by molar-refractivity contribution is 7.13. The van der Waals surface area contributed by atoms with Crippen LogP contribution in [0.25, 0.3) is 0 Å². The zero-order valence-electron chi connectivity index (χ0n) is 7.50. The largest absolute Gasteiger partial charge is 0.375 e. The normalized spacial score (nSPS) is 11.9. The van der Waals surface area contributed by atoms with Gasteiger partial charge in [0.1, 0.15) is 0 Å². The van der Waals surface area contributed by atoms with Gasteiger partial charge in [0.05, 0.1) is 11.2 Å². The maximum absolute atomic E-state index is 6.12. The number of anilines is 1. The van der Waals surface area contributed by atoms with E-state index in [2.05, 4.69) is 18.8 Å². The summed E-state index contributed by atoms with van der Waals surface area (Å²) >= 11 is 1.45. The summed E-state index contributed by atoms with van der Waals surface area (Å²) in [6.07, 6.45) is 1.79. The van der Waals surface area contributed by atoms with E-state index in [0.29, 0.717) is 5.13 Å². The molecule has 1 aromatic rings. The first kappa shape index (κ1) is 9.48. The van der Waals surface area contributed by atoms with Crippen LogP contribution in [0.2, 0.25) is 0 Å². The molecule has 0 aliphatic heterocycles. The molecule has 1 rings (SSSR count). The molecule has 0 bridgehead atoms. The highest BCUT2D eigenvalue weighted by Crippen LogP contribution is 2.27. The lowest BCUT2D eigenvalue weighted by Gasteiger charge is -2.23. The maximum atomic E-state index is 6.12. The fraction of sp³-hybridized carbons (Fsp3) is 0.625. The molecule has 0 fully saturated rings. The van der Waals surface area contributed by atoms with Crippen LogP contribution in [0.3, 0.4) is 0 Å². The van der Waals surface area contributed by atoms with E-state index in [1.807, 2.05) is 5.38 Å². The van der Waals surface area contributed by atoms with Crippen LogP contribution in [-0.2, 0) is 5.54 Å². The molecule has 1 aromatic heterocycles. The van der Waals surface area contributed by atoms with Crippen LogP contribution in [0.15, 0.2) is 5.38 Å². The van der Waals surface area contributed by atoms with Crippen LogP contribution in [0.5, 0.6) is 0 Å². The molecular weight excluding hydrogens is 170 g/mol. The minimum absolute atomic E-state index is 0.284. The molecule has 12 heavy (non-hydrogen) atoms. The summed E-state index contributed by atoms with van der Waals surface area (Å²) in [5.41, 5.74) is 12.3. The molecule has 0 aliphatic carbocycles. The van der Waals surface area contributed by atoms with E-state index in [9.17, 15) is 0 Å². The van der Waals surface area contributed by atoms with Crippen molar-refractivity contribution < 1.29 is 0 Å². The molecule has 0 unspecified atom stereocenters. The van der Waals surface area contributed by atoms with Crippen LogP contribution in [0.1, 0.15) is 32.4 Å². The summed E-state index contributed by atoms with van der Waals surface area (Å²) in [6.45, 7) is 4.14. The predicted octanol–water partition coefficient (Wildman–Crippen LogP) is 1.70. The number of hydrogen-bond donors (Lipinski definition) is 2. The van der Waals surface area contributed by atoms with Crippen molar-refractivity contribution in [2.75, 3.05) is 5.73 Å². The monoisotopic (exact) mass is 185 g/mol. The first-order valence-electron chi connectivity index (χ1n) is 4.12. The Morgan fingerprint density at radius 1 is 1.50 bits per heavy atom. The van der Waals surface area contributed by atoms with E-state index in [0.717, 1.165) is 18.5 Å². The average Bonchev–Trinajstić information content (AvgIpc) is 2.51. The fourth-order valence-electron chi connectivity index (χ4n) is 1.13. The highest BCUT2D eigenvalue weighted by atomic mass is 32.1. The molecule has 0 atom stereocenters. The van der Waals surface area contributed by atoms with Gasteiger partial charge >= 0.3 is 0 Å². The summed E-state index contributed by atoms with van der Waals surface area (Å²) in [6, 6.07) is 0. The van der Waals surface area contributed by atoms with Gasteiger partial charge in [0.2, 0.25) is 0 Å². The van der Waals surface area contributed by atoms with Crippen molar-refractivity contribution >= 4 is 16.5 Å². The van der Waals surface area contributed by atoms with Crippen LogP contribution >= 0.6 is 11.3 Å². The van der Waals surface area contributed by atoms with Gasteiger partial charge in [-0.25, -0.2) is 4.98 Å². The molecule has 0 aliphatic rings. The number of rotatable bonds is 3. The first-order valence-corrected chi connectivity index (χ1v) is 5.00. The Kier molecular flexibility index (Phi) is 2.69. The summed E-state index contributed by atoms with van der Waals surface area (Å²) in [7, 11) is 0. The second kappa shape index (κ2) is 3.41. The smallest absolute Gasteiger partial charge is 0.180 e.